The minimum absolute atomic E-state index is 0.164. The fourth-order valence-electron chi connectivity index (χ4n) is 4.30. The number of H-pyrrole nitrogens is 1. The molecular formula is C28H27N3O4S. The monoisotopic (exact) mass is 501 g/mol. The second kappa shape index (κ2) is 10.3. The van der Waals surface area contributed by atoms with E-state index in [-0.39, 0.29) is 12.4 Å². The summed E-state index contributed by atoms with van der Waals surface area (Å²) in [5.41, 5.74) is 4.38. The van der Waals surface area contributed by atoms with Gasteiger partial charge in [-0.25, -0.2) is 0 Å². The fourth-order valence-corrected chi connectivity index (χ4v) is 4.57. The first kappa shape index (κ1) is 23.7. The zero-order valence-electron chi connectivity index (χ0n) is 20.2. The van der Waals surface area contributed by atoms with Crippen LogP contribution in [0.1, 0.15) is 16.7 Å². The molecule has 0 spiro atoms. The first-order valence-electron chi connectivity index (χ1n) is 11.7. The van der Waals surface area contributed by atoms with Gasteiger partial charge in [0.05, 0.1) is 24.9 Å². The number of nitrogens with one attached hydrogen (secondary N) is 2. The molecule has 0 saturated heterocycles. The van der Waals surface area contributed by atoms with E-state index in [0.29, 0.717) is 46.5 Å². The molecule has 0 amide bonds. The van der Waals surface area contributed by atoms with E-state index in [1.165, 1.54) is 11.1 Å². The summed E-state index contributed by atoms with van der Waals surface area (Å²) in [7, 11) is 1.62. The van der Waals surface area contributed by atoms with Crippen molar-refractivity contribution in [2.24, 2.45) is 0 Å². The smallest absolute Gasteiger partial charge is 0.253 e. The van der Waals surface area contributed by atoms with Gasteiger partial charge < -0.3 is 29.4 Å². The van der Waals surface area contributed by atoms with E-state index in [0.717, 1.165) is 17.5 Å². The molecule has 1 aromatic heterocycles. The maximum absolute atomic E-state index is 13.0. The molecular weight excluding hydrogens is 474 g/mol. The van der Waals surface area contributed by atoms with Gasteiger partial charge in [0.1, 0.15) is 5.75 Å². The van der Waals surface area contributed by atoms with Crippen LogP contribution in [0.25, 0.3) is 10.9 Å². The molecule has 184 valence electrons. The number of rotatable bonds is 7. The lowest BCUT2D eigenvalue weighted by atomic mass is 10.1. The minimum atomic E-state index is -0.164. The van der Waals surface area contributed by atoms with Crippen LogP contribution >= 0.6 is 12.2 Å². The van der Waals surface area contributed by atoms with Crippen molar-refractivity contribution in [3.63, 3.8) is 0 Å². The summed E-state index contributed by atoms with van der Waals surface area (Å²) in [6.07, 6.45) is 0.782. The molecule has 1 aliphatic heterocycles. The Balaban J connectivity index is 1.44. The highest BCUT2D eigenvalue weighted by atomic mass is 32.1. The first-order valence-corrected chi connectivity index (χ1v) is 12.1. The van der Waals surface area contributed by atoms with E-state index in [1.807, 2.05) is 53.4 Å². The molecule has 0 saturated carbocycles. The molecule has 5 rings (SSSR count). The predicted octanol–water partition coefficient (Wildman–Crippen LogP) is 5.02. The zero-order chi connectivity index (χ0) is 25.1. The number of aromatic nitrogens is 1. The van der Waals surface area contributed by atoms with Crippen molar-refractivity contribution in [3.8, 4) is 17.2 Å². The lowest BCUT2D eigenvalue weighted by Crippen LogP contribution is -2.37. The molecule has 1 aliphatic rings. The third-order valence-corrected chi connectivity index (χ3v) is 6.68. The molecule has 4 aromatic rings. The molecule has 0 bridgehead atoms. The summed E-state index contributed by atoms with van der Waals surface area (Å²) in [6, 6.07) is 21.5. The molecule has 8 heteroatoms. The van der Waals surface area contributed by atoms with E-state index in [1.54, 1.807) is 13.2 Å². The summed E-state index contributed by atoms with van der Waals surface area (Å²) in [5.74, 6) is 2.00. The Bertz CT molecular complexity index is 1480. The third-order valence-electron chi connectivity index (χ3n) is 6.32. The van der Waals surface area contributed by atoms with Crippen LogP contribution in [0.15, 0.2) is 71.5 Å². The van der Waals surface area contributed by atoms with Gasteiger partial charge in [0.25, 0.3) is 5.56 Å². The number of aryl methyl sites for hydroxylation is 1. The number of hydrogen-bond acceptors (Lipinski definition) is 5. The quantitative estimate of drug-likeness (QED) is 0.345. The van der Waals surface area contributed by atoms with Crippen LogP contribution in [0.4, 0.5) is 5.69 Å². The van der Waals surface area contributed by atoms with Crippen molar-refractivity contribution in [1.82, 2.24) is 9.88 Å². The van der Waals surface area contributed by atoms with E-state index >= 15 is 0 Å². The molecule has 2 N–H and O–H groups in total. The Labute approximate surface area is 214 Å². The fraction of sp³-hybridized carbons (Fsp3) is 0.214. The zero-order valence-corrected chi connectivity index (χ0v) is 21.0. The van der Waals surface area contributed by atoms with Gasteiger partial charge in [-0.15, -0.1) is 0 Å². The highest BCUT2D eigenvalue weighted by Gasteiger charge is 2.18. The molecule has 7 nitrogen and oxygen atoms in total. The Kier molecular flexibility index (Phi) is 6.77. The van der Waals surface area contributed by atoms with Gasteiger partial charge in [0.2, 0.25) is 6.79 Å². The van der Waals surface area contributed by atoms with Crippen molar-refractivity contribution in [2.75, 3.05) is 25.8 Å². The Morgan fingerprint density at radius 2 is 1.81 bits per heavy atom. The van der Waals surface area contributed by atoms with Crippen LogP contribution in [0.3, 0.4) is 0 Å². The molecule has 3 aromatic carbocycles. The predicted molar refractivity (Wildman–Crippen MR) is 145 cm³/mol. The van der Waals surface area contributed by atoms with Gasteiger partial charge >= 0.3 is 0 Å². The van der Waals surface area contributed by atoms with E-state index in [2.05, 4.69) is 29.4 Å². The van der Waals surface area contributed by atoms with Gasteiger partial charge in [0, 0.05) is 23.6 Å². The van der Waals surface area contributed by atoms with Crippen molar-refractivity contribution in [1.29, 1.82) is 0 Å². The van der Waals surface area contributed by atoms with Gasteiger partial charge in [-0.1, -0.05) is 36.4 Å². The highest BCUT2D eigenvalue weighted by molar-refractivity contribution is 7.80. The molecule has 0 aliphatic carbocycles. The van der Waals surface area contributed by atoms with Crippen LogP contribution in [0, 0.1) is 6.92 Å². The second-order valence-corrected chi connectivity index (χ2v) is 9.03. The van der Waals surface area contributed by atoms with Gasteiger partial charge in [0.15, 0.2) is 16.6 Å². The number of anilines is 1. The van der Waals surface area contributed by atoms with Crippen molar-refractivity contribution in [2.45, 2.75) is 19.9 Å². The van der Waals surface area contributed by atoms with Crippen LogP contribution < -0.4 is 25.1 Å². The minimum Gasteiger partial charge on any atom is -0.495 e. The number of fused-ring (bicyclic) bond motifs is 2. The summed E-state index contributed by atoms with van der Waals surface area (Å²) < 4.78 is 16.4. The van der Waals surface area contributed by atoms with Crippen LogP contribution in [0.2, 0.25) is 0 Å². The van der Waals surface area contributed by atoms with Gasteiger partial charge in [-0.3, -0.25) is 4.79 Å². The molecule has 0 radical (unpaired) electrons. The first-order chi connectivity index (χ1) is 17.5. The van der Waals surface area contributed by atoms with E-state index < -0.39 is 0 Å². The molecule has 0 unspecified atom stereocenters. The summed E-state index contributed by atoms with van der Waals surface area (Å²) >= 11 is 5.83. The lowest BCUT2D eigenvalue weighted by molar-refractivity contribution is 0.174. The third kappa shape index (κ3) is 4.99. The Hall–Kier alpha value is -4.04. The van der Waals surface area contributed by atoms with Crippen molar-refractivity contribution < 1.29 is 14.2 Å². The maximum Gasteiger partial charge on any atom is 0.253 e. The van der Waals surface area contributed by atoms with Crippen molar-refractivity contribution in [3.05, 3.63) is 93.8 Å². The van der Waals surface area contributed by atoms with E-state index in [9.17, 15) is 4.79 Å². The number of methoxy groups -OCH3 is 1. The number of thiocarbonyl (C=S) groups is 1. The normalized spacial score (nSPS) is 11.9. The summed E-state index contributed by atoms with van der Waals surface area (Å²) in [5, 5.41) is 4.69. The van der Waals surface area contributed by atoms with Crippen LogP contribution in [-0.4, -0.2) is 35.4 Å². The van der Waals surface area contributed by atoms with Gasteiger partial charge in [-0.2, -0.15) is 0 Å². The molecule has 2 heterocycles. The SMILES string of the molecule is COc1ccccc1NC(=S)N(CCc1ccccc1C)Cc1cc2cc3c(cc2[nH]c1=O)OCO3. The number of ether oxygens (including phenoxy) is 3. The Morgan fingerprint density at radius 1 is 1.06 bits per heavy atom. The number of aromatic amines is 1. The number of pyridine rings is 1. The summed E-state index contributed by atoms with van der Waals surface area (Å²) in [4.78, 5) is 18.0. The average molecular weight is 502 g/mol. The van der Waals surface area contributed by atoms with Crippen molar-refractivity contribution >= 4 is 33.9 Å². The van der Waals surface area contributed by atoms with E-state index in [4.69, 9.17) is 26.4 Å². The topological polar surface area (TPSA) is 75.8 Å². The van der Waals surface area contributed by atoms with Crippen LogP contribution in [-0.2, 0) is 13.0 Å². The standard InChI is InChI=1S/C28H27N3O4S/c1-18-7-3-4-8-19(18)11-12-31(28(36)30-22-9-5-6-10-24(22)33-2)16-21-13-20-14-25-26(35-17-34-25)15-23(20)29-27(21)32/h3-10,13-15H,11-12,16-17H2,1-2H3,(H,29,32)(H,30,36). The van der Waals surface area contributed by atoms with Crippen LogP contribution in [0.5, 0.6) is 17.2 Å². The number of hydrogen-bond donors (Lipinski definition) is 2. The Morgan fingerprint density at radius 3 is 2.61 bits per heavy atom. The number of benzene rings is 3. The molecule has 0 fully saturated rings. The highest BCUT2D eigenvalue weighted by Crippen LogP contribution is 2.35. The number of nitrogens with zero attached hydrogens (tertiary/aromatic N) is 1. The largest absolute Gasteiger partial charge is 0.495 e. The molecule has 0 atom stereocenters. The molecule has 36 heavy (non-hydrogen) atoms. The average Bonchev–Trinajstić information content (AvgIpc) is 3.34. The maximum atomic E-state index is 13.0. The number of para-hydroxylation sites is 2. The summed E-state index contributed by atoms with van der Waals surface area (Å²) in [6.45, 7) is 3.25. The lowest BCUT2D eigenvalue weighted by Gasteiger charge is -2.27. The second-order valence-electron chi connectivity index (χ2n) is 8.64. The van der Waals surface area contributed by atoms with Gasteiger partial charge in [-0.05, 0) is 61.0 Å².